The smallest absolute Gasteiger partial charge is 0.212 e. The van der Waals surface area contributed by atoms with Crippen molar-refractivity contribution in [1.29, 1.82) is 0 Å². The number of hydrogen-bond donors (Lipinski definition) is 3. The van der Waals surface area contributed by atoms with Gasteiger partial charge in [-0.25, -0.2) is 13.1 Å². The number of aliphatic hydroxyl groups is 1. The molecule has 0 heterocycles. The summed E-state index contributed by atoms with van der Waals surface area (Å²) < 4.78 is 25.6. The van der Waals surface area contributed by atoms with Gasteiger partial charge < -0.3 is 10.8 Å². The Hall–Kier alpha value is -0.760. The Morgan fingerprint density at radius 1 is 1.39 bits per heavy atom. The minimum atomic E-state index is -3.33. The molecule has 1 aromatic carbocycles. The van der Waals surface area contributed by atoms with Crippen LogP contribution in [0.15, 0.2) is 29.2 Å². The van der Waals surface area contributed by atoms with E-state index in [-0.39, 0.29) is 12.4 Å². The van der Waals surface area contributed by atoms with Crippen molar-refractivity contribution in [3.05, 3.63) is 24.3 Å². The van der Waals surface area contributed by atoms with E-state index in [1.165, 1.54) is 11.8 Å². The summed E-state index contributed by atoms with van der Waals surface area (Å²) in [6, 6.07) is 6.83. The van der Waals surface area contributed by atoms with Gasteiger partial charge in [-0.2, -0.15) is 0 Å². The summed E-state index contributed by atoms with van der Waals surface area (Å²) in [5.41, 5.74) is 6.24. The van der Waals surface area contributed by atoms with Crippen LogP contribution in [0.1, 0.15) is 6.92 Å². The van der Waals surface area contributed by atoms with Crippen molar-refractivity contribution in [2.45, 2.75) is 17.9 Å². The van der Waals surface area contributed by atoms with Gasteiger partial charge in [-0.3, -0.25) is 0 Å². The first-order valence-electron chi connectivity index (χ1n) is 5.52. The predicted molar refractivity (Wildman–Crippen MR) is 75.0 cm³/mol. The van der Waals surface area contributed by atoms with Crippen LogP contribution in [-0.2, 0) is 10.0 Å². The van der Waals surface area contributed by atoms with E-state index in [1.807, 2.05) is 12.1 Å². The maximum absolute atomic E-state index is 11.6. The van der Waals surface area contributed by atoms with Gasteiger partial charge >= 0.3 is 0 Å². The van der Waals surface area contributed by atoms with Gasteiger partial charge in [0.25, 0.3) is 0 Å². The number of nitrogen functional groups attached to an aromatic ring is 1. The highest BCUT2D eigenvalue weighted by Gasteiger charge is 2.13. The van der Waals surface area contributed by atoms with Crippen LogP contribution >= 0.6 is 11.8 Å². The van der Waals surface area contributed by atoms with E-state index in [4.69, 9.17) is 10.8 Å². The Morgan fingerprint density at radius 3 is 2.56 bits per heavy atom. The molecular weight excluding hydrogens is 272 g/mol. The number of benzene rings is 1. The number of nitrogens with two attached hydrogens (primary N) is 1. The first-order chi connectivity index (χ1) is 8.43. The number of sulfonamides is 1. The van der Waals surface area contributed by atoms with Crippen LogP contribution in [0.25, 0.3) is 0 Å². The zero-order valence-electron chi connectivity index (χ0n) is 10.2. The molecule has 0 bridgehead atoms. The Labute approximate surface area is 112 Å². The quantitative estimate of drug-likeness (QED) is 0.507. The monoisotopic (exact) mass is 290 g/mol. The summed E-state index contributed by atoms with van der Waals surface area (Å²) in [5, 5.41) is 8.78. The average Bonchev–Trinajstić information content (AvgIpc) is 2.31. The third-order valence-electron chi connectivity index (χ3n) is 2.16. The van der Waals surface area contributed by atoms with Gasteiger partial charge in [0.05, 0.1) is 12.4 Å². The fourth-order valence-corrected chi connectivity index (χ4v) is 3.82. The second-order valence-electron chi connectivity index (χ2n) is 3.94. The molecule has 0 aliphatic rings. The molecule has 0 saturated carbocycles. The van der Waals surface area contributed by atoms with Gasteiger partial charge in [-0.15, -0.1) is 11.8 Å². The molecule has 0 amide bonds. The number of anilines is 1. The van der Waals surface area contributed by atoms with Gasteiger partial charge in [-0.05, 0) is 31.2 Å². The minimum absolute atomic E-state index is 0.0202. The van der Waals surface area contributed by atoms with Crippen molar-refractivity contribution in [2.75, 3.05) is 23.8 Å². The molecule has 18 heavy (non-hydrogen) atoms. The zero-order chi connectivity index (χ0) is 13.6. The fourth-order valence-electron chi connectivity index (χ4n) is 1.24. The highest BCUT2D eigenvalue weighted by Crippen LogP contribution is 2.19. The zero-order valence-corrected chi connectivity index (χ0v) is 11.8. The van der Waals surface area contributed by atoms with E-state index >= 15 is 0 Å². The number of nitrogens with one attached hydrogen (secondary N) is 1. The summed E-state index contributed by atoms with van der Waals surface area (Å²) in [5.74, 6) is 0.476. The summed E-state index contributed by atoms with van der Waals surface area (Å²) in [6.07, 6.45) is 0. The summed E-state index contributed by atoms with van der Waals surface area (Å²) >= 11 is 1.45. The lowest BCUT2D eigenvalue weighted by atomic mass is 10.3. The third-order valence-corrected chi connectivity index (χ3v) is 4.93. The predicted octanol–water partition coefficient (Wildman–Crippen LogP) is 0.661. The van der Waals surface area contributed by atoms with E-state index < -0.39 is 16.1 Å². The van der Waals surface area contributed by atoms with Crippen LogP contribution in [0.2, 0.25) is 0 Å². The number of hydrogen-bond acceptors (Lipinski definition) is 5. The Morgan fingerprint density at radius 2 is 2.00 bits per heavy atom. The molecule has 102 valence electrons. The van der Waals surface area contributed by atoms with Gasteiger partial charge in [0.2, 0.25) is 10.0 Å². The summed E-state index contributed by atoms with van der Waals surface area (Å²) in [7, 11) is -3.33. The van der Waals surface area contributed by atoms with Crippen molar-refractivity contribution < 1.29 is 13.5 Å². The van der Waals surface area contributed by atoms with Crippen LogP contribution in [0.5, 0.6) is 0 Å². The molecule has 0 aliphatic heterocycles. The molecule has 0 spiro atoms. The van der Waals surface area contributed by atoms with Crippen molar-refractivity contribution in [3.8, 4) is 0 Å². The highest BCUT2D eigenvalue weighted by atomic mass is 32.2. The first kappa shape index (κ1) is 15.3. The molecule has 1 aromatic rings. The molecule has 0 aliphatic carbocycles. The van der Waals surface area contributed by atoms with E-state index in [9.17, 15) is 8.42 Å². The van der Waals surface area contributed by atoms with Crippen LogP contribution in [0, 0.1) is 0 Å². The third kappa shape index (κ3) is 5.72. The topological polar surface area (TPSA) is 92.4 Å². The van der Waals surface area contributed by atoms with Crippen LogP contribution in [0.3, 0.4) is 0 Å². The van der Waals surface area contributed by atoms with Gasteiger partial charge in [0, 0.05) is 22.4 Å². The SMILES string of the molecule is C[C@@H](CO)NS(=O)(=O)CCSc1ccc(N)cc1. The molecule has 4 N–H and O–H groups in total. The molecule has 0 aromatic heterocycles. The second-order valence-corrected chi connectivity index (χ2v) is 6.98. The van der Waals surface area contributed by atoms with E-state index in [2.05, 4.69) is 4.72 Å². The summed E-state index contributed by atoms with van der Waals surface area (Å²) in [6.45, 7) is 1.41. The molecule has 1 atom stereocenters. The molecule has 0 unspecified atom stereocenters. The Balaban J connectivity index is 2.39. The van der Waals surface area contributed by atoms with Crippen molar-refractivity contribution >= 4 is 27.5 Å². The molecule has 5 nitrogen and oxygen atoms in total. The minimum Gasteiger partial charge on any atom is -0.399 e. The lowest BCUT2D eigenvalue weighted by Crippen LogP contribution is -2.37. The van der Waals surface area contributed by atoms with Crippen LogP contribution in [0.4, 0.5) is 5.69 Å². The maximum atomic E-state index is 11.6. The summed E-state index contributed by atoms with van der Waals surface area (Å²) in [4.78, 5) is 0.981. The molecule has 0 radical (unpaired) electrons. The number of thioether (sulfide) groups is 1. The lowest BCUT2D eigenvalue weighted by molar-refractivity contribution is 0.265. The molecule has 1 rings (SSSR count). The first-order valence-corrected chi connectivity index (χ1v) is 8.16. The van der Waals surface area contributed by atoms with Gasteiger partial charge in [0.15, 0.2) is 0 Å². The molecule has 0 saturated heterocycles. The van der Waals surface area contributed by atoms with Crippen LogP contribution < -0.4 is 10.5 Å². The average molecular weight is 290 g/mol. The number of rotatable bonds is 7. The van der Waals surface area contributed by atoms with E-state index in [0.29, 0.717) is 11.4 Å². The molecule has 7 heteroatoms. The second kappa shape index (κ2) is 6.98. The normalized spacial score (nSPS) is 13.4. The fraction of sp³-hybridized carbons (Fsp3) is 0.455. The van der Waals surface area contributed by atoms with Crippen molar-refractivity contribution in [1.82, 2.24) is 4.72 Å². The Kier molecular flexibility index (Phi) is 5.94. The maximum Gasteiger partial charge on any atom is 0.212 e. The highest BCUT2D eigenvalue weighted by molar-refractivity contribution is 8.00. The van der Waals surface area contributed by atoms with Gasteiger partial charge in [-0.1, -0.05) is 0 Å². The lowest BCUT2D eigenvalue weighted by Gasteiger charge is -2.11. The number of aliphatic hydroxyl groups excluding tert-OH is 1. The molecular formula is C11H18N2O3S2. The van der Waals surface area contributed by atoms with Gasteiger partial charge in [0.1, 0.15) is 0 Å². The molecule has 0 fully saturated rings. The van der Waals surface area contributed by atoms with E-state index in [1.54, 1.807) is 19.1 Å². The van der Waals surface area contributed by atoms with Crippen molar-refractivity contribution in [3.63, 3.8) is 0 Å². The van der Waals surface area contributed by atoms with Crippen molar-refractivity contribution in [2.24, 2.45) is 0 Å². The largest absolute Gasteiger partial charge is 0.399 e. The Bertz CT molecular complexity index is 460. The van der Waals surface area contributed by atoms with Crippen LogP contribution in [-0.4, -0.2) is 37.7 Å². The standard InChI is InChI=1S/C11H18N2O3S2/c1-9(8-14)13-18(15,16)7-6-17-11-4-2-10(12)3-5-11/h2-5,9,13-14H,6-8,12H2,1H3/t9-/m0/s1. The van der Waals surface area contributed by atoms with E-state index in [0.717, 1.165) is 4.90 Å².